The third-order valence-corrected chi connectivity index (χ3v) is 2.53. The van der Waals surface area contributed by atoms with E-state index < -0.39 is 18.5 Å². The second-order valence-corrected chi connectivity index (χ2v) is 4.33. The summed E-state index contributed by atoms with van der Waals surface area (Å²) in [6, 6.07) is 4.48. The molecule has 0 fully saturated rings. The second kappa shape index (κ2) is 7.88. The molecular formula is C14H18N2O5. The highest BCUT2D eigenvalue weighted by atomic mass is 16.5. The Labute approximate surface area is 122 Å². The van der Waals surface area contributed by atoms with Crippen LogP contribution in [0.3, 0.4) is 0 Å². The highest BCUT2D eigenvalue weighted by molar-refractivity contribution is 5.94. The lowest BCUT2D eigenvalue weighted by Gasteiger charge is -2.08. The van der Waals surface area contributed by atoms with Crippen LogP contribution in [0.15, 0.2) is 18.2 Å². The van der Waals surface area contributed by atoms with Crippen LogP contribution >= 0.6 is 0 Å². The number of aryl methyl sites for hydroxylation is 1. The average Bonchev–Trinajstić information content (AvgIpc) is 2.45. The number of amides is 2. The summed E-state index contributed by atoms with van der Waals surface area (Å²) in [6.07, 6.45) is 0. The van der Waals surface area contributed by atoms with Gasteiger partial charge in [-0.3, -0.25) is 9.59 Å². The molecule has 0 spiro atoms. The molecule has 0 unspecified atom stereocenters. The molecule has 1 aromatic rings. The minimum atomic E-state index is -0.802. The average molecular weight is 294 g/mol. The van der Waals surface area contributed by atoms with Gasteiger partial charge in [-0.15, -0.1) is 0 Å². The topological polar surface area (TPSA) is 105 Å². The summed E-state index contributed by atoms with van der Waals surface area (Å²) in [7, 11) is 0. The van der Waals surface area contributed by atoms with E-state index in [1.165, 1.54) is 12.1 Å². The molecule has 0 aliphatic heterocycles. The molecule has 1 rings (SSSR count). The van der Waals surface area contributed by atoms with Crippen LogP contribution < -0.4 is 10.6 Å². The van der Waals surface area contributed by atoms with Crippen molar-refractivity contribution in [1.82, 2.24) is 10.6 Å². The van der Waals surface area contributed by atoms with Crippen LogP contribution in [-0.4, -0.2) is 42.6 Å². The molecule has 0 bridgehead atoms. The SMILES string of the molecule is CCNC(=O)CNC(=O)COC(=O)c1cc(C)ccc1O. The normalized spacial score (nSPS) is 9.81. The molecule has 0 saturated heterocycles. The first kappa shape index (κ1) is 16.5. The molecule has 0 aliphatic rings. The zero-order valence-corrected chi connectivity index (χ0v) is 11.9. The van der Waals surface area contributed by atoms with E-state index in [2.05, 4.69) is 10.6 Å². The number of aromatic hydroxyl groups is 1. The lowest BCUT2D eigenvalue weighted by Crippen LogP contribution is -2.38. The second-order valence-electron chi connectivity index (χ2n) is 4.33. The third kappa shape index (κ3) is 5.52. The number of esters is 1. The maximum absolute atomic E-state index is 11.7. The monoisotopic (exact) mass is 294 g/mol. The molecule has 2 amide bonds. The first-order valence-corrected chi connectivity index (χ1v) is 6.44. The van der Waals surface area contributed by atoms with Gasteiger partial charge in [0.15, 0.2) is 6.61 Å². The van der Waals surface area contributed by atoms with Crippen LogP contribution in [0.1, 0.15) is 22.8 Å². The fourth-order valence-electron chi connectivity index (χ4n) is 1.51. The largest absolute Gasteiger partial charge is 0.507 e. The van der Waals surface area contributed by atoms with Gasteiger partial charge in [0.25, 0.3) is 5.91 Å². The Morgan fingerprint density at radius 3 is 2.57 bits per heavy atom. The van der Waals surface area contributed by atoms with Gasteiger partial charge in [-0.25, -0.2) is 4.79 Å². The molecule has 7 heteroatoms. The minimum absolute atomic E-state index is 0.00785. The van der Waals surface area contributed by atoms with Gasteiger partial charge in [0.2, 0.25) is 5.91 Å². The standard InChI is InChI=1S/C14H18N2O5/c1-3-15-12(18)7-16-13(19)8-21-14(20)10-6-9(2)4-5-11(10)17/h4-6,17H,3,7-8H2,1-2H3,(H,15,18)(H,16,19). The predicted octanol–water partition coefficient (Wildman–Crippen LogP) is 0.110. The van der Waals surface area contributed by atoms with Crippen molar-refractivity contribution < 1.29 is 24.2 Å². The smallest absolute Gasteiger partial charge is 0.342 e. The van der Waals surface area contributed by atoms with E-state index in [0.717, 1.165) is 5.56 Å². The van der Waals surface area contributed by atoms with Crippen LogP contribution in [0.5, 0.6) is 5.75 Å². The molecule has 21 heavy (non-hydrogen) atoms. The minimum Gasteiger partial charge on any atom is -0.507 e. The van der Waals surface area contributed by atoms with Gasteiger partial charge >= 0.3 is 5.97 Å². The van der Waals surface area contributed by atoms with E-state index >= 15 is 0 Å². The van der Waals surface area contributed by atoms with E-state index in [9.17, 15) is 19.5 Å². The lowest BCUT2D eigenvalue weighted by molar-refractivity contribution is -0.127. The maximum atomic E-state index is 11.7. The molecular weight excluding hydrogens is 276 g/mol. The van der Waals surface area contributed by atoms with Crippen molar-refractivity contribution in [2.45, 2.75) is 13.8 Å². The van der Waals surface area contributed by atoms with Crippen molar-refractivity contribution in [2.75, 3.05) is 19.7 Å². The predicted molar refractivity (Wildman–Crippen MR) is 74.8 cm³/mol. The van der Waals surface area contributed by atoms with Crippen LogP contribution in [0.2, 0.25) is 0 Å². The van der Waals surface area contributed by atoms with Gasteiger partial charge in [0.1, 0.15) is 11.3 Å². The number of hydrogen-bond donors (Lipinski definition) is 3. The fraction of sp³-hybridized carbons (Fsp3) is 0.357. The third-order valence-electron chi connectivity index (χ3n) is 2.53. The molecule has 0 atom stereocenters. The molecule has 114 valence electrons. The van der Waals surface area contributed by atoms with Crippen LogP contribution in [0.25, 0.3) is 0 Å². The molecule has 0 aromatic heterocycles. The zero-order chi connectivity index (χ0) is 15.8. The summed E-state index contributed by atoms with van der Waals surface area (Å²) in [5.41, 5.74) is 0.770. The molecule has 0 aliphatic carbocycles. The Morgan fingerprint density at radius 2 is 1.90 bits per heavy atom. The number of rotatable bonds is 6. The van der Waals surface area contributed by atoms with Gasteiger partial charge in [0.05, 0.1) is 6.54 Å². The summed E-state index contributed by atoms with van der Waals surface area (Å²) >= 11 is 0. The van der Waals surface area contributed by atoms with Crippen LogP contribution in [0, 0.1) is 6.92 Å². The van der Waals surface area contributed by atoms with Crippen molar-refractivity contribution in [2.24, 2.45) is 0 Å². The van der Waals surface area contributed by atoms with Crippen molar-refractivity contribution in [3.63, 3.8) is 0 Å². The number of carbonyl (C=O) groups is 3. The quantitative estimate of drug-likeness (QED) is 0.646. The number of ether oxygens (including phenoxy) is 1. The number of phenolic OH excluding ortho intramolecular Hbond substituents is 1. The summed E-state index contributed by atoms with van der Waals surface area (Å²) in [4.78, 5) is 34.3. The molecule has 1 aromatic carbocycles. The molecule has 0 saturated carbocycles. The van der Waals surface area contributed by atoms with E-state index in [-0.39, 0.29) is 23.8 Å². The van der Waals surface area contributed by atoms with Gasteiger partial charge < -0.3 is 20.5 Å². The van der Waals surface area contributed by atoms with E-state index in [1.54, 1.807) is 19.9 Å². The van der Waals surface area contributed by atoms with Gasteiger partial charge in [0, 0.05) is 6.54 Å². The van der Waals surface area contributed by atoms with Gasteiger partial charge in [-0.2, -0.15) is 0 Å². The first-order valence-electron chi connectivity index (χ1n) is 6.44. The molecule has 0 radical (unpaired) electrons. The number of likely N-dealkylation sites (N-methyl/N-ethyl adjacent to an activating group) is 1. The van der Waals surface area contributed by atoms with E-state index in [4.69, 9.17) is 4.74 Å². The highest BCUT2D eigenvalue weighted by Crippen LogP contribution is 2.18. The molecule has 7 nitrogen and oxygen atoms in total. The van der Waals surface area contributed by atoms with E-state index in [1.807, 2.05) is 0 Å². The van der Waals surface area contributed by atoms with Crippen molar-refractivity contribution in [1.29, 1.82) is 0 Å². The van der Waals surface area contributed by atoms with Gasteiger partial charge in [-0.05, 0) is 26.0 Å². The summed E-state index contributed by atoms with van der Waals surface area (Å²) < 4.78 is 4.78. The number of carbonyl (C=O) groups excluding carboxylic acids is 3. The van der Waals surface area contributed by atoms with Crippen LogP contribution in [0.4, 0.5) is 0 Å². The van der Waals surface area contributed by atoms with Gasteiger partial charge in [-0.1, -0.05) is 11.6 Å². The van der Waals surface area contributed by atoms with Crippen molar-refractivity contribution in [3.8, 4) is 5.75 Å². The summed E-state index contributed by atoms with van der Waals surface area (Å²) in [5, 5.41) is 14.4. The lowest BCUT2D eigenvalue weighted by atomic mass is 10.1. The number of nitrogens with one attached hydrogen (secondary N) is 2. The Hall–Kier alpha value is -2.57. The Bertz CT molecular complexity index is 542. The molecule has 3 N–H and O–H groups in total. The van der Waals surface area contributed by atoms with Crippen molar-refractivity contribution >= 4 is 17.8 Å². The fourth-order valence-corrected chi connectivity index (χ4v) is 1.51. The number of hydrogen-bond acceptors (Lipinski definition) is 5. The Morgan fingerprint density at radius 1 is 1.19 bits per heavy atom. The zero-order valence-electron chi connectivity index (χ0n) is 11.9. The first-order chi connectivity index (χ1) is 9.93. The van der Waals surface area contributed by atoms with Crippen LogP contribution in [-0.2, 0) is 14.3 Å². The summed E-state index contributed by atoms with van der Waals surface area (Å²) in [6.45, 7) is 3.28. The maximum Gasteiger partial charge on any atom is 0.342 e. The Balaban J connectivity index is 2.44. The summed E-state index contributed by atoms with van der Waals surface area (Å²) in [5.74, 6) is -1.94. The van der Waals surface area contributed by atoms with Crippen molar-refractivity contribution in [3.05, 3.63) is 29.3 Å². The van der Waals surface area contributed by atoms with E-state index in [0.29, 0.717) is 6.54 Å². The number of benzene rings is 1. The number of phenols is 1. The Kier molecular flexibility index (Phi) is 6.19. The molecule has 0 heterocycles. The highest BCUT2D eigenvalue weighted by Gasteiger charge is 2.14.